The number of carbonyl (C=O) groups excluding carboxylic acids is 1. The molecular formula is C13H24N2O3. The van der Waals surface area contributed by atoms with Gasteiger partial charge in [0, 0.05) is 0 Å². The van der Waals surface area contributed by atoms with Gasteiger partial charge in [-0.3, -0.25) is 4.79 Å². The maximum Gasteiger partial charge on any atom is 0.326 e. The maximum absolute atomic E-state index is 12.2. The van der Waals surface area contributed by atoms with Crippen molar-refractivity contribution in [3.8, 4) is 0 Å². The Morgan fingerprint density at radius 1 is 1.50 bits per heavy atom. The number of amides is 1. The first-order chi connectivity index (χ1) is 8.38. The lowest BCUT2D eigenvalue weighted by molar-refractivity contribution is -0.143. The van der Waals surface area contributed by atoms with Crippen LogP contribution in [0.2, 0.25) is 0 Å². The lowest BCUT2D eigenvalue weighted by Gasteiger charge is -2.38. The molecule has 18 heavy (non-hydrogen) atoms. The SMILES string of the molecule is CCCC(NC(=O)C1NCCCC1(C)C)C(=O)O. The van der Waals surface area contributed by atoms with Gasteiger partial charge in [0.25, 0.3) is 0 Å². The van der Waals surface area contributed by atoms with Crippen LogP contribution in [-0.2, 0) is 9.59 Å². The molecule has 0 aliphatic carbocycles. The lowest BCUT2D eigenvalue weighted by Crippen LogP contribution is -2.58. The van der Waals surface area contributed by atoms with Gasteiger partial charge >= 0.3 is 5.97 Å². The summed E-state index contributed by atoms with van der Waals surface area (Å²) in [6, 6.07) is -1.08. The zero-order valence-electron chi connectivity index (χ0n) is 11.5. The minimum Gasteiger partial charge on any atom is -0.480 e. The summed E-state index contributed by atoms with van der Waals surface area (Å²) in [5, 5.41) is 14.9. The Bertz CT molecular complexity index is 315. The lowest BCUT2D eigenvalue weighted by atomic mass is 9.77. The number of carboxylic acid groups (broad SMARTS) is 1. The summed E-state index contributed by atoms with van der Waals surface area (Å²) in [6.45, 7) is 6.80. The zero-order valence-corrected chi connectivity index (χ0v) is 11.5. The molecule has 0 aromatic carbocycles. The molecule has 104 valence electrons. The third kappa shape index (κ3) is 3.70. The summed E-state index contributed by atoms with van der Waals surface area (Å²) in [5.41, 5.74) is -0.127. The first-order valence-electron chi connectivity index (χ1n) is 6.65. The van der Waals surface area contributed by atoms with Gasteiger partial charge in [0.15, 0.2) is 0 Å². The molecule has 1 heterocycles. The molecular weight excluding hydrogens is 232 g/mol. The molecule has 1 rings (SSSR count). The van der Waals surface area contributed by atoms with Crippen LogP contribution < -0.4 is 10.6 Å². The van der Waals surface area contributed by atoms with Crippen molar-refractivity contribution in [2.24, 2.45) is 5.41 Å². The molecule has 2 unspecified atom stereocenters. The molecule has 1 aliphatic rings. The first kappa shape index (κ1) is 15.0. The average Bonchev–Trinajstić information content (AvgIpc) is 2.27. The summed E-state index contributed by atoms with van der Waals surface area (Å²) < 4.78 is 0. The van der Waals surface area contributed by atoms with E-state index in [2.05, 4.69) is 10.6 Å². The fourth-order valence-electron chi connectivity index (χ4n) is 2.46. The van der Waals surface area contributed by atoms with Crippen LogP contribution in [0.5, 0.6) is 0 Å². The molecule has 0 bridgehead atoms. The molecule has 0 radical (unpaired) electrons. The van der Waals surface area contributed by atoms with Crippen molar-refractivity contribution >= 4 is 11.9 Å². The third-order valence-electron chi connectivity index (χ3n) is 3.58. The summed E-state index contributed by atoms with van der Waals surface area (Å²) in [4.78, 5) is 23.2. The van der Waals surface area contributed by atoms with Crippen LogP contribution in [0.25, 0.3) is 0 Å². The number of hydrogen-bond acceptors (Lipinski definition) is 3. The van der Waals surface area contributed by atoms with Crippen molar-refractivity contribution in [2.75, 3.05) is 6.54 Å². The Morgan fingerprint density at radius 2 is 2.17 bits per heavy atom. The van der Waals surface area contributed by atoms with Gasteiger partial charge in [-0.2, -0.15) is 0 Å². The highest BCUT2D eigenvalue weighted by Gasteiger charge is 2.38. The van der Waals surface area contributed by atoms with Gasteiger partial charge in [-0.25, -0.2) is 4.79 Å². The van der Waals surface area contributed by atoms with Gasteiger partial charge in [-0.1, -0.05) is 27.2 Å². The van der Waals surface area contributed by atoms with Crippen molar-refractivity contribution in [1.82, 2.24) is 10.6 Å². The second kappa shape index (κ2) is 6.18. The van der Waals surface area contributed by atoms with Crippen molar-refractivity contribution in [2.45, 2.75) is 58.5 Å². The molecule has 0 aromatic heterocycles. The second-order valence-corrected chi connectivity index (χ2v) is 5.67. The Labute approximate surface area is 108 Å². The van der Waals surface area contributed by atoms with Gasteiger partial charge in [-0.05, 0) is 31.2 Å². The Morgan fingerprint density at radius 3 is 2.67 bits per heavy atom. The van der Waals surface area contributed by atoms with Crippen LogP contribution in [0, 0.1) is 5.41 Å². The Hall–Kier alpha value is -1.10. The van der Waals surface area contributed by atoms with Crippen molar-refractivity contribution < 1.29 is 14.7 Å². The molecule has 5 heteroatoms. The van der Waals surface area contributed by atoms with Crippen LogP contribution >= 0.6 is 0 Å². The number of carbonyl (C=O) groups is 2. The van der Waals surface area contributed by atoms with E-state index in [9.17, 15) is 9.59 Å². The number of nitrogens with one attached hydrogen (secondary N) is 2. The van der Waals surface area contributed by atoms with E-state index in [-0.39, 0.29) is 17.4 Å². The van der Waals surface area contributed by atoms with Gasteiger partial charge in [0.2, 0.25) is 5.91 Å². The molecule has 1 amide bonds. The Kier molecular flexibility index (Phi) is 5.14. The summed E-state index contributed by atoms with van der Waals surface area (Å²) in [6.07, 6.45) is 3.23. The molecule has 2 atom stereocenters. The van der Waals surface area contributed by atoms with Crippen LogP contribution in [0.3, 0.4) is 0 Å². The van der Waals surface area contributed by atoms with Crippen molar-refractivity contribution in [1.29, 1.82) is 0 Å². The minimum atomic E-state index is -0.959. The predicted molar refractivity (Wildman–Crippen MR) is 69.3 cm³/mol. The van der Waals surface area contributed by atoms with Crippen LogP contribution in [0.4, 0.5) is 0 Å². The van der Waals surface area contributed by atoms with E-state index >= 15 is 0 Å². The smallest absolute Gasteiger partial charge is 0.326 e. The highest BCUT2D eigenvalue weighted by Crippen LogP contribution is 2.30. The minimum absolute atomic E-state index is 0.127. The molecule has 3 N–H and O–H groups in total. The van der Waals surface area contributed by atoms with E-state index < -0.39 is 12.0 Å². The number of rotatable bonds is 5. The molecule has 5 nitrogen and oxygen atoms in total. The Balaban J connectivity index is 2.65. The van der Waals surface area contributed by atoms with E-state index in [1.165, 1.54) is 0 Å². The van der Waals surface area contributed by atoms with E-state index in [0.717, 1.165) is 25.8 Å². The van der Waals surface area contributed by atoms with Crippen LogP contribution in [-0.4, -0.2) is 35.6 Å². The highest BCUT2D eigenvalue weighted by atomic mass is 16.4. The molecule has 0 saturated carbocycles. The fourth-order valence-corrected chi connectivity index (χ4v) is 2.46. The van der Waals surface area contributed by atoms with E-state index in [4.69, 9.17) is 5.11 Å². The number of hydrogen-bond donors (Lipinski definition) is 3. The van der Waals surface area contributed by atoms with Gasteiger partial charge in [-0.15, -0.1) is 0 Å². The third-order valence-corrected chi connectivity index (χ3v) is 3.58. The van der Waals surface area contributed by atoms with E-state index in [1.54, 1.807) is 0 Å². The average molecular weight is 256 g/mol. The standard InChI is InChI=1S/C13H24N2O3/c1-4-6-9(12(17)18)15-11(16)10-13(2,3)7-5-8-14-10/h9-10,14H,4-8H2,1-3H3,(H,15,16)(H,17,18). The largest absolute Gasteiger partial charge is 0.480 e. The van der Waals surface area contributed by atoms with Crippen molar-refractivity contribution in [3.05, 3.63) is 0 Å². The molecule has 0 aromatic rings. The fraction of sp³-hybridized carbons (Fsp3) is 0.846. The number of aliphatic carboxylic acids is 1. The second-order valence-electron chi connectivity index (χ2n) is 5.67. The predicted octanol–water partition coefficient (Wildman–Crippen LogP) is 1.13. The quantitative estimate of drug-likeness (QED) is 0.689. The van der Waals surface area contributed by atoms with Crippen LogP contribution in [0.15, 0.2) is 0 Å². The molecule has 0 spiro atoms. The molecule has 1 fully saturated rings. The number of carboxylic acids is 1. The van der Waals surface area contributed by atoms with E-state index in [0.29, 0.717) is 6.42 Å². The molecule has 1 saturated heterocycles. The first-order valence-corrected chi connectivity index (χ1v) is 6.65. The highest BCUT2D eigenvalue weighted by molar-refractivity contribution is 5.87. The number of piperidine rings is 1. The van der Waals surface area contributed by atoms with Crippen LogP contribution in [0.1, 0.15) is 46.5 Å². The monoisotopic (exact) mass is 256 g/mol. The van der Waals surface area contributed by atoms with E-state index in [1.807, 2.05) is 20.8 Å². The van der Waals surface area contributed by atoms with Gasteiger partial charge in [0.1, 0.15) is 6.04 Å². The summed E-state index contributed by atoms with van der Waals surface area (Å²) >= 11 is 0. The van der Waals surface area contributed by atoms with Crippen molar-refractivity contribution in [3.63, 3.8) is 0 Å². The van der Waals surface area contributed by atoms with Gasteiger partial charge < -0.3 is 15.7 Å². The van der Waals surface area contributed by atoms with Gasteiger partial charge in [0.05, 0.1) is 6.04 Å². The zero-order chi connectivity index (χ0) is 13.8. The molecule has 1 aliphatic heterocycles. The summed E-state index contributed by atoms with van der Waals surface area (Å²) in [5.74, 6) is -1.15. The normalized spacial score (nSPS) is 24.3. The maximum atomic E-state index is 12.2. The summed E-state index contributed by atoms with van der Waals surface area (Å²) in [7, 11) is 0. The topological polar surface area (TPSA) is 78.4 Å².